The van der Waals surface area contributed by atoms with Crippen LogP contribution >= 0.6 is 0 Å². The number of carbonyl (C=O) groups is 2. The summed E-state index contributed by atoms with van der Waals surface area (Å²) in [6, 6.07) is 2.90. The molecule has 0 aliphatic heterocycles. The zero-order chi connectivity index (χ0) is 17.8. The SMILES string of the molecule is COC(=O)c1cc(NC(C)(C)CCC(=O)O)cc(C)c1[N+](=O)[O-]. The highest BCUT2D eigenvalue weighted by Crippen LogP contribution is 2.30. The topological polar surface area (TPSA) is 119 Å². The van der Waals surface area contributed by atoms with Crippen LogP contribution in [0.1, 0.15) is 42.6 Å². The van der Waals surface area contributed by atoms with Crippen LogP contribution in [0.3, 0.4) is 0 Å². The predicted octanol–water partition coefficient (Wildman–Crippen LogP) is 2.75. The molecular weight excluding hydrogens is 304 g/mol. The second kappa shape index (κ2) is 7.08. The van der Waals surface area contributed by atoms with Crippen molar-refractivity contribution < 1.29 is 24.4 Å². The Labute approximate surface area is 133 Å². The summed E-state index contributed by atoms with van der Waals surface area (Å²) in [5.74, 6) is -1.71. The van der Waals surface area contributed by atoms with Crippen LogP contribution in [0.5, 0.6) is 0 Å². The van der Waals surface area contributed by atoms with Crippen molar-refractivity contribution >= 4 is 23.3 Å². The maximum Gasteiger partial charge on any atom is 0.344 e. The van der Waals surface area contributed by atoms with Gasteiger partial charge in [-0.15, -0.1) is 0 Å². The van der Waals surface area contributed by atoms with Gasteiger partial charge < -0.3 is 15.2 Å². The summed E-state index contributed by atoms with van der Waals surface area (Å²) in [7, 11) is 1.15. The van der Waals surface area contributed by atoms with Crippen molar-refractivity contribution in [1.29, 1.82) is 0 Å². The molecule has 0 unspecified atom stereocenters. The molecule has 126 valence electrons. The van der Waals surface area contributed by atoms with Crippen molar-refractivity contribution in [3.8, 4) is 0 Å². The second-order valence-corrected chi connectivity index (χ2v) is 5.84. The van der Waals surface area contributed by atoms with Crippen LogP contribution in [0.4, 0.5) is 11.4 Å². The molecule has 1 rings (SSSR count). The minimum absolute atomic E-state index is 0.0180. The van der Waals surface area contributed by atoms with Crippen molar-refractivity contribution in [2.75, 3.05) is 12.4 Å². The first kappa shape index (κ1) is 18.4. The van der Waals surface area contributed by atoms with Gasteiger partial charge in [0.05, 0.1) is 12.0 Å². The Kier molecular flexibility index (Phi) is 5.67. The van der Waals surface area contributed by atoms with Crippen LogP contribution in [-0.2, 0) is 9.53 Å². The number of nitro benzene ring substituents is 1. The number of nitrogens with zero attached hydrogens (tertiary/aromatic N) is 1. The minimum atomic E-state index is -0.907. The quantitative estimate of drug-likeness (QED) is 0.449. The number of benzene rings is 1. The Morgan fingerprint density at radius 3 is 2.48 bits per heavy atom. The van der Waals surface area contributed by atoms with Gasteiger partial charge in [-0.1, -0.05) is 0 Å². The summed E-state index contributed by atoms with van der Waals surface area (Å²) in [6.45, 7) is 5.15. The van der Waals surface area contributed by atoms with E-state index in [0.29, 0.717) is 17.7 Å². The van der Waals surface area contributed by atoms with E-state index in [1.165, 1.54) is 13.0 Å². The van der Waals surface area contributed by atoms with Gasteiger partial charge in [0.1, 0.15) is 5.56 Å². The fourth-order valence-electron chi connectivity index (χ4n) is 2.23. The average Bonchev–Trinajstić information content (AvgIpc) is 2.42. The van der Waals surface area contributed by atoms with E-state index in [2.05, 4.69) is 10.1 Å². The molecule has 0 saturated carbocycles. The van der Waals surface area contributed by atoms with Crippen molar-refractivity contribution in [2.45, 2.75) is 39.2 Å². The molecule has 0 atom stereocenters. The maximum absolute atomic E-state index is 11.8. The number of esters is 1. The first-order valence-corrected chi connectivity index (χ1v) is 6.94. The summed E-state index contributed by atoms with van der Waals surface area (Å²) >= 11 is 0. The number of rotatable bonds is 7. The summed E-state index contributed by atoms with van der Waals surface area (Å²) in [5, 5.41) is 23.0. The van der Waals surface area contributed by atoms with E-state index >= 15 is 0 Å². The molecule has 0 fully saturated rings. The monoisotopic (exact) mass is 324 g/mol. The Hall–Kier alpha value is -2.64. The molecule has 23 heavy (non-hydrogen) atoms. The van der Waals surface area contributed by atoms with Gasteiger partial charge in [-0.05, 0) is 39.3 Å². The largest absolute Gasteiger partial charge is 0.481 e. The van der Waals surface area contributed by atoms with Gasteiger partial charge in [-0.2, -0.15) is 0 Å². The first-order valence-electron chi connectivity index (χ1n) is 6.94. The van der Waals surface area contributed by atoms with Gasteiger partial charge in [-0.3, -0.25) is 14.9 Å². The first-order chi connectivity index (χ1) is 10.6. The highest BCUT2D eigenvalue weighted by molar-refractivity contribution is 5.95. The standard InChI is InChI=1S/C15H20N2O6/c1-9-7-10(16-15(2,3)6-5-12(18)19)8-11(14(20)23-4)13(9)17(21)22/h7-8,16H,5-6H2,1-4H3,(H,18,19). The number of aliphatic carboxylic acids is 1. The number of carboxylic acids is 1. The summed E-state index contributed by atoms with van der Waals surface area (Å²) in [4.78, 5) is 33.0. The molecular formula is C15H20N2O6. The predicted molar refractivity (Wildman–Crippen MR) is 83.7 cm³/mol. The lowest BCUT2D eigenvalue weighted by Gasteiger charge is -2.27. The molecule has 0 aromatic heterocycles. The third kappa shape index (κ3) is 4.94. The molecule has 0 spiro atoms. The average molecular weight is 324 g/mol. The van der Waals surface area contributed by atoms with Crippen LogP contribution in [0.25, 0.3) is 0 Å². The van der Waals surface area contributed by atoms with Crippen molar-refractivity contribution in [2.24, 2.45) is 0 Å². The fraction of sp³-hybridized carbons (Fsp3) is 0.467. The number of carbonyl (C=O) groups excluding carboxylic acids is 1. The molecule has 0 amide bonds. The van der Waals surface area contributed by atoms with E-state index in [-0.39, 0.29) is 17.7 Å². The van der Waals surface area contributed by atoms with Crippen LogP contribution in [-0.4, -0.2) is 34.6 Å². The Morgan fingerprint density at radius 1 is 1.39 bits per heavy atom. The Morgan fingerprint density at radius 2 is 2.00 bits per heavy atom. The van der Waals surface area contributed by atoms with E-state index < -0.39 is 22.4 Å². The lowest BCUT2D eigenvalue weighted by Crippen LogP contribution is -2.31. The van der Waals surface area contributed by atoms with Gasteiger partial charge in [0.15, 0.2) is 0 Å². The molecule has 8 heteroatoms. The van der Waals surface area contributed by atoms with Crippen LogP contribution in [0, 0.1) is 17.0 Å². The van der Waals surface area contributed by atoms with Gasteiger partial charge in [-0.25, -0.2) is 4.79 Å². The number of aryl methyl sites for hydroxylation is 1. The highest BCUT2D eigenvalue weighted by atomic mass is 16.6. The van der Waals surface area contributed by atoms with E-state index in [4.69, 9.17) is 5.11 Å². The zero-order valence-corrected chi connectivity index (χ0v) is 13.5. The molecule has 0 aliphatic rings. The molecule has 0 radical (unpaired) electrons. The van der Waals surface area contributed by atoms with Crippen LogP contribution in [0.15, 0.2) is 12.1 Å². The van der Waals surface area contributed by atoms with Crippen molar-refractivity contribution in [1.82, 2.24) is 0 Å². The maximum atomic E-state index is 11.8. The normalized spacial score (nSPS) is 11.0. The summed E-state index contributed by atoms with van der Waals surface area (Å²) in [6.07, 6.45) is 0.335. The number of carboxylic acid groups (broad SMARTS) is 1. The lowest BCUT2D eigenvalue weighted by atomic mass is 9.97. The number of anilines is 1. The third-order valence-corrected chi connectivity index (χ3v) is 3.33. The van der Waals surface area contributed by atoms with E-state index in [1.54, 1.807) is 6.07 Å². The van der Waals surface area contributed by atoms with E-state index in [0.717, 1.165) is 7.11 Å². The molecule has 1 aromatic carbocycles. The van der Waals surface area contributed by atoms with E-state index in [1.807, 2.05) is 13.8 Å². The van der Waals surface area contributed by atoms with Crippen LogP contribution in [0.2, 0.25) is 0 Å². The molecule has 2 N–H and O–H groups in total. The second-order valence-electron chi connectivity index (χ2n) is 5.84. The van der Waals surface area contributed by atoms with E-state index in [9.17, 15) is 19.7 Å². The lowest BCUT2D eigenvalue weighted by molar-refractivity contribution is -0.385. The smallest absolute Gasteiger partial charge is 0.344 e. The Balaban J connectivity index is 3.19. The summed E-state index contributed by atoms with van der Waals surface area (Å²) < 4.78 is 4.60. The Bertz CT molecular complexity index is 639. The zero-order valence-electron chi connectivity index (χ0n) is 13.5. The van der Waals surface area contributed by atoms with Gasteiger partial charge in [0.2, 0.25) is 0 Å². The third-order valence-electron chi connectivity index (χ3n) is 3.33. The van der Waals surface area contributed by atoms with Crippen LogP contribution < -0.4 is 5.32 Å². The van der Waals surface area contributed by atoms with Gasteiger partial charge in [0.25, 0.3) is 5.69 Å². The molecule has 0 bridgehead atoms. The number of nitrogens with one attached hydrogen (secondary N) is 1. The summed E-state index contributed by atoms with van der Waals surface area (Å²) in [5.41, 5.74) is -0.202. The number of hydrogen-bond donors (Lipinski definition) is 2. The number of methoxy groups -OCH3 is 1. The fourth-order valence-corrected chi connectivity index (χ4v) is 2.23. The molecule has 8 nitrogen and oxygen atoms in total. The minimum Gasteiger partial charge on any atom is -0.481 e. The van der Waals surface area contributed by atoms with Gasteiger partial charge >= 0.3 is 11.9 Å². The highest BCUT2D eigenvalue weighted by Gasteiger charge is 2.26. The van der Waals surface area contributed by atoms with Crippen molar-refractivity contribution in [3.63, 3.8) is 0 Å². The van der Waals surface area contributed by atoms with Crippen molar-refractivity contribution in [3.05, 3.63) is 33.4 Å². The molecule has 0 saturated heterocycles. The molecule has 0 aliphatic carbocycles. The number of nitro groups is 1. The number of ether oxygens (including phenoxy) is 1. The molecule has 0 heterocycles. The number of hydrogen-bond acceptors (Lipinski definition) is 6. The van der Waals surface area contributed by atoms with Gasteiger partial charge in [0, 0.05) is 23.2 Å². The molecule has 1 aromatic rings.